The van der Waals surface area contributed by atoms with Gasteiger partial charge in [0, 0.05) is 5.54 Å². The summed E-state index contributed by atoms with van der Waals surface area (Å²) in [4.78, 5) is 0. The number of halogens is 1. The summed E-state index contributed by atoms with van der Waals surface area (Å²) in [5.41, 5.74) is 1.44. The van der Waals surface area contributed by atoms with Crippen LogP contribution in [0.2, 0.25) is 5.02 Å². The van der Waals surface area contributed by atoms with E-state index in [4.69, 9.17) is 16.3 Å². The molecule has 1 aliphatic rings. The summed E-state index contributed by atoms with van der Waals surface area (Å²) >= 11 is 5.96. The van der Waals surface area contributed by atoms with Gasteiger partial charge in [-0.25, -0.2) is 0 Å². The zero-order valence-electron chi connectivity index (χ0n) is 8.43. The van der Waals surface area contributed by atoms with E-state index in [0.29, 0.717) is 5.02 Å². The van der Waals surface area contributed by atoms with Crippen molar-refractivity contribution in [3.05, 3.63) is 28.8 Å². The molecule has 0 saturated heterocycles. The molecule has 0 aliphatic heterocycles. The van der Waals surface area contributed by atoms with Crippen molar-refractivity contribution in [1.29, 1.82) is 0 Å². The third kappa shape index (κ3) is 1.49. The zero-order chi connectivity index (χ0) is 10.2. The van der Waals surface area contributed by atoms with Gasteiger partial charge in [-0.1, -0.05) is 17.7 Å². The Morgan fingerprint density at radius 3 is 2.64 bits per heavy atom. The lowest BCUT2D eigenvalue weighted by Gasteiger charge is -2.15. The lowest BCUT2D eigenvalue weighted by atomic mass is 10.1. The van der Waals surface area contributed by atoms with Gasteiger partial charge >= 0.3 is 0 Å². The van der Waals surface area contributed by atoms with Crippen LogP contribution in [0.4, 0.5) is 0 Å². The van der Waals surface area contributed by atoms with Gasteiger partial charge in [0.05, 0.1) is 12.1 Å². The summed E-state index contributed by atoms with van der Waals surface area (Å²) in [5.74, 6) is 0.755. The van der Waals surface area contributed by atoms with Crippen LogP contribution in [-0.4, -0.2) is 14.2 Å². The van der Waals surface area contributed by atoms with Crippen molar-refractivity contribution in [2.75, 3.05) is 14.2 Å². The molecule has 2 rings (SSSR count). The van der Waals surface area contributed by atoms with E-state index in [-0.39, 0.29) is 5.54 Å². The summed E-state index contributed by atoms with van der Waals surface area (Å²) in [6.45, 7) is 0. The first kappa shape index (κ1) is 9.81. The minimum Gasteiger partial charge on any atom is -0.495 e. The Hall–Kier alpha value is -0.730. The van der Waals surface area contributed by atoms with E-state index in [1.807, 2.05) is 19.2 Å². The van der Waals surface area contributed by atoms with Crippen LogP contribution in [0.1, 0.15) is 18.4 Å². The average molecular weight is 212 g/mol. The predicted octanol–water partition coefficient (Wildman–Crippen LogP) is 2.56. The number of benzene rings is 1. The summed E-state index contributed by atoms with van der Waals surface area (Å²) in [5, 5.41) is 4.01. The fourth-order valence-corrected chi connectivity index (χ4v) is 1.96. The fraction of sp³-hybridized carbons (Fsp3) is 0.455. The van der Waals surface area contributed by atoms with Crippen LogP contribution in [0.5, 0.6) is 5.75 Å². The standard InChI is InChI=1S/C11H14ClNO/c1-13-11(5-6-11)8-3-4-9(12)10(7-8)14-2/h3-4,7,13H,5-6H2,1-2H3. The topological polar surface area (TPSA) is 21.3 Å². The van der Waals surface area contributed by atoms with Gasteiger partial charge in [0.2, 0.25) is 0 Å². The molecule has 1 fully saturated rings. The van der Waals surface area contributed by atoms with Crippen molar-refractivity contribution in [2.24, 2.45) is 0 Å². The van der Waals surface area contributed by atoms with Crippen molar-refractivity contribution >= 4 is 11.6 Å². The zero-order valence-corrected chi connectivity index (χ0v) is 9.19. The molecule has 0 aromatic heterocycles. The molecule has 76 valence electrons. The highest BCUT2D eigenvalue weighted by molar-refractivity contribution is 6.32. The summed E-state index contributed by atoms with van der Waals surface area (Å²) in [6.07, 6.45) is 2.38. The maximum absolute atomic E-state index is 5.96. The SMILES string of the molecule is CNC1(c2ccc(Cl)c(OC)c2)CC1. The number of hydrogen-bond acceptors (Lipinski definition) is 2. The Morgan fingerprint density at radius 2 is 2.14 bits per heavy atom. The molecule has 1 aromatic carbocycles. The first-order valence-electron chi connectivity index (χ1n) is 4.75. The van der Waals surface area contributed by atoms with Gasteiger partial charge in [-0.15, -0.1) is 0 Å². The third-order valence-electron chi connectivity index (χ3n) is 2.93. The van der Waals surface area contributed by atoms with Gasteiger partial charge in [-0.05, 0) is 37.6 Å². The van der Waals surface area contributed by atoms with Crippen LogP contribution in [-0.2, 0) is 5.54 Å². The van der Waals surface area contributed by atoms with Crippen LogP contribution in [0.25, 0.3) is 0 Å². The number of rotatable bonds is 3. The van der Waals surface area contributed by atoms with Gasteiger partial charge in [-0.2, -0.15) is 0 Å². The second-order valence-corrected chi connectivity index (χ2v) is 4.09. The number of nitrogens with one attached hydrogen (secondary N) is 1. The van der Waals surface area contributed by atoms with E-state index in [2.05, 4.69) is 11.4 Å². The van der Waals surface area contributed by atoms with Crippen molar-refractivity contribution in [1.82, 2.24) is 5.32 Å². The predicted molar refractivity (Wildman–Crippen MR) is 58.0 cm³/mol. The fourth-order valence-electron chi connectivity index (χ4n) is 1.77. The molecule has 1 aromatic rings. The lowest BCUT2D eigenvalue weighted by molar-refractivity contribution is 0.413. The molecule has 3 heteroatoms. The largest absolute Gasteiger partial charge is 0.495 e. The maximum Gasteiger partial charge on any atom is 0.137 e. The number of ether oxygens (including phenoxy) is 1. The maximum atomic E-state index is 5.96. The molecular weight excluding hydrogens is 198 g/mol. The number of methoxy groups -OCH3 is 1. The second kappa shape index (κ2) is 3.44. The van der Waals surface area contributed by atoms with E-state index in [1.165, 1.54) is 18.4 Å². The highest BCUT2D eigenvalue weighted by atomic mass is 35.5. The molecule has 1 saturated carbocycles. The smallest absolute Gasteiger partial charge is 0.137 e. The molecule has 0 heterocycles. The van der Waals surface area contributed by atoms with Crippen molar-refractivity contribution in [3.8, 4) is 5.75 Å². The lowest BCUT2D eigenvalue weighted by Crippen LogP contribution is -2.24. The van der Waals surface area contributed by atoms with Crippen molar-refractivity contribution < 1.29 is 4.74 Å². The van der Waals surface area contributed by atoms with E-state index in [0.717, 1.165) is 5.75 Å². The van der Waals surface area contributed by atoms with Crippen molar-refractivity contribution in [3.63, 3.8) is 0 Å². The Labute approximate surface area is 89.2 Å². The van der Waals surface area contributed by atoms with Gasteiger partial charge < -0.3 is 10.1 Å². The normalized spacial score (nSPS) is 17.9. The quantitative estimate of drug-likeness (QED) is 0.830. The highest BCUT2D eigenvalue weighted by Gasteiger charge is 2.42. The van der Waals surface area contributed by atoms with E-state index >= 15 is 0 Å². The van der Waals surface area contributed by atoms with E-state index < -0.39 is 0 Å². The molecule has 0 unspecified atom stereocenters. The minimum absolute atomic E-state index is 0.178. The molecule has 1 N–H and O–H groups in total. The Balaban J connectivity index is 2.36. The average Bonchev–Trinajstić information content (AvgIpc) is 2.99. The van der Waals surface area contributed by atoms with Crippen molar-refractivity contribution in [2.45, 2.75) is 18.4 Å². The minimum atomic E-state index is 0.178. The number of hydrogen-bond donors (Lipinski definition) is 1. The van der Waals surface area contributed by atoms with Gasteiger partial charge in [0.1, 0.15) is 5.75 Å². The molecular formula is C11H14ClNO. The molecule has 0 amide bonds. The van der Waals surface area contributed by atoms with Crippen LogP contribution in [0.15, 0.2) is 18.2 Å². The Morgan fingerprint density at radius 1 is 1.43 bits per heavy atom. The first-order valence-corrected chi connectivity index (χ1v) is 5.12. The molecule has 14 heavy (non-hydrogen) atoms. The second-order valence-electron chi connectivity index (χ2n) is 3.68. The molecule has 0 spiro atoms. The third-order valence-corrected chi connectivity index (χ3v) is 3.24. The van der Waals surface area contributed by atoms with Gasteiger partial charge in [0.25, 0.3) is 0 Å². The summed E-state index contributed by atoms with van der Waals surface area (Å²) in [7, 11) is 3.64. The van der Waals surface area contributed by atoms with Gasteiger partial charge in [0.15, 0.2) is 0 Å². The molecule has 0 radical (unpaired) electrons. The Kier molecular flexibility index (Phi) is 2.41. The Bertz CT molecular complexity index is 347. The van der Waals surface area contributed by atoms with Crippen LogP contribution >= 0.6 is 11.6 Å². The van der Waals surface area contributed by atoms with Crippen LogP contribution < -0.4 is 10.1 Å². The van der Waals surface area contributed by atoms with E-state index in [9.17, 15) is 0 Å². The van der Waals surface area contributed by atoms with Crippen LogP contribution in [0, 0.1) is 0 Å². The molecule has 0 bridgehead atoms. The highest BCUT2D eigenvalue weighted by Crippen LogP contribution is 2.46. The molecule has 1 aliphatic carbocycles. The monoisotopic (exact) mass is 211 g/mol. The van der Waals surface area contributed by atoms with Crippen LogP contribution in [0.3, 0.4) is 0 Å². The van der Waals surface area contributed by atoms with E-state index in [1.54, 1.807) is 7.11 Å². The molecule has 0 atom stereocenters. The summed E-state index contributed by atoms with van der Waals surface area (Å²) in [6, 6.07) is 5.98. The summed E-state index contributed by atoms with van der Waals surface area (Å²) < 4.78 is 5.19. The van der Waals surface area contributed by atoms with Gasteiger partial charge in [-0.3, -0.25) is 0 Å². The first-order chi connectivity index (χ1) is 6.72. The molecule has 2 nitrogen and oxygen atoms in total.